The number of nitrogens with zero attached hydrogens (tertiary/aromatic N) is 3. The van der Waals surface area contributed by atoms with Crippen LogP contribution in [-0.2, 0) is 16.0 Å². The van der Waals surface area contributed by atoms with E-state index in [2.05, 4.69) is 60.3 Å². The van der Waals surface area contributed by atoms with E-state index < -0.39 is 6.04 Å². The van der Waals surface area contributed by atoms with Crippen molar-refractivity contribution >= 4 is 35.1 Å². The number of carbonyl (C=O) groups is 3. The molecule has 3 amide bonds. The third-order valence-corrected chi connectivity index (χ3v) is 9.20. The molecule has 1 saturated heterocycles. The standard InChI is InChI=1S/C35H53N5O3S/c1-23(2)20-27(21-26-14-10-9-11-15-26)36-33(41)28-22-44-31(37-28)18-17-29(24(3)4)40(8)35(43)32(25(5)6)38-34(42)30-16-12-13-19-39(30)7/h9-11,14-15,17-18,22-25,27,29-30,32H,12-13,16,19-21H2,1-8H3,(H,36,41)(H,38,42)/b18-17+/t27-,29-,30-,32+/m1/s1. The maximum atomic E-state index is 13.7. The Morgan fingerprint density at radius 3 is 2.36 bits per heavy atom. The zero-order chi connectivity index (χ0) is 32.4. The van der Waals surface area contributed by atoms with Crippen molar-refractivity contribution in [3.05, 3.63) is 58.1 Å². The second-order valence-corrected chi connectivity index (χ2v) is 14.2. The van der Waals surface area contributed by atoms with Crippen molar-refractivity contribution in [2.75, 3.05) is 20.6 Å². The largest absolute Gasteiger partial charge is 0.348 e. The van der Waals surface area contributed by atoms with Gasteiger partial charge in [-0.3, -0.25) is 19.3 Å². The Bertz CT molecular complexity index is 1240. The van der Waals surface area contributed by atoms with Gasteiger partial charge < -0.3 is 15.5 Å². The number of aromatic nitrogens is 1. The highest BCUT2D eigenvalue weighted by atomic mass is 32.1. The number of likely N-dealkylation sites (N-methyl/N-ethyl adjacent to an activating group) is 2. The molecule has 0 radical (unpaired) electrons. The number of hydrogen-bond donors (Lipinski definition) is 2. The van der Waals surface area contributed by atoms with Crippen molar-refractivity contribution in [1.82, 2.24) is 25.4 Å². The highest BCUT2D eigenvalue weighted by molar-refractivity contribution is 7.10. The predicted molar refractivity (Wildman–Crippen MR) is 180 cm³/mol. The molecule has 242 valence electrons. The van der Waals surface area contributed by atoms with E-state index in [0.717, 1.165) is 38.6 Å². The first-order chi connectivity index (χ1) is 20.9. The summed E-state index contributed by atoms with van der Waals surface area (Å²) in [5.41, 5.74) is 1.59. The van der Waals surface area contributed by atoms with E-state index in [-0.39, 0.29) is 47.7 Å². The van der Waals surface area contributed by atoms with E-state index in [1.54, 1.807) is 17.3 Å². The van der Waals surface area contributed by atoms with Gasteiger partial charge in [-0.2, -0.15) is 0 Å². The van der Waals surface area contributed by atoms with Gasteiger partial charge in [0.25, 0.3) is 5.91 Å². The average molecular weight is 624 g/mol. The third kappa shape index (κ3) is 10.3. The molecule has 1 aromatic heterocycles. The smallest absolute Gasteiger partial charge is 0.271 e. The Morgan fingerprint density at radius 1 is 1.05 bits per heavy atom. The highest BCUT2D eigenvalue weighted by Crippen LogP contribution is 2.20. The number of amides is 3. The van der Waals surface area contributed by atoms with Gasteiger partial charge in [-0.1, -0.05) is 84.4 Å². The highest BCUT2D eigenvalue weighted by Gasteiger charge is 2.34. The van der Waals surface area contributed by atoms with Crippen LogP contribution in [0.15, 0.2) is 41.8 Å². The summed E-state index contributed by atoms with van der Waals surface area (Å²) >= 11 is 1.41. The van der Waals surface area contributed by atoms with E-state index >= 15 is 0 Å². The average Bonchev–Trinajstić information content (AvgIpc) is 3.45. The number of piperidine rings is 1. The second kappa shape index (κ2) is 16.9. The zero-order valence-electron chi connectivity index (χ0n) is 27.9. The minimum absolute atomic E-state index is 0.0171. The number of likely N-dealkylation sites (tertiary alicyclic amines) is 1. The number of benzene rings is 1. The van der Waals surface area contributed by atoms with Crippen LogP contribution in [0.5, 0.6) is 0 Å². The van der Waals surface area contributed by atoms with Crippen LogP contribution in [0.2, 0.25) is 0 Å². The molecule has 8 nitrogen and oxygen atoms in total. The van der Waals surface area contributed by atoms with Gasteiger partial charge in [0.2, 0.25) is 11.8 Å². The first-order valence-corrected chi connectivity index (χ1v) is 17.0. The summed E-state index contributed by atoms with van der Waals surface area (Å²) in [6, 6.07) is 9.22. The van der Waals surface area contributed by atoms with Crippen molar-refractivity contribution in [3.63, 3.8) is 0 Å². The molecule has 1 aliphatic heterocycles. The van der Waals surface area contributed by atoms with Gasteiger partial charge in [0.05, 0.1) is 12.1 Å². The minimum Gasteiger partial charge on any atom is -0.348 e. The molecule has 2 N–H and O–H groups in total. The molecule has 2 aromatic rings. The summed E-state index contributed by atoms with van der Waals surface area (Å²) in [5, 5.41) is 8.77. The molecule has 44 heavy (non-hydrogen) atoms. The van der Waals surface area contributed by atoms with Gasteiger partial charge in [-0.25, -0.2) is 4.98 Å². The summed E-state index contributed by atoms with van der Waals surface area (Å²) in [5.74, 6) is 0.171. The van der Waals surface area contributed by atoms with E-state index in [1.807, 2.05) is 51.2 Å². The fourth-order valence-electron chi connectivity index (χ4n) is 5.90. The first kappa shape index (κ1) is 35.4. The van der Waals surface area contributed by atoms with Crippen molar-refractivity contribution in [3.8, 4) is 0 Å². The van der Waals surface area contributed by atoms with E-state index in [1.165, 1.54) is 16.9 Å². The van der Waals surface area contributed by atoms with Crippen LogP contribution >= 0.6 is 11.3 Å². The van der Waals surface area contributed by atoms with Gasteiger partial charge >= 0.3 is 0 Å². The summed E-state index contributed by atoms with van der Waals surface area (Å²) in [6.45, 7) is 13.3. The number of rotatable bonds is 14. The lowest BCUT2D eigenvalue weighted by atomic mass is 9.97. The Hall–Kier alpha value is -3.04. The number of hydrogen-bond acceptors (Lipinski definition) is 6. The molecule has 9 heteroatoms. The van der Waals surface area contributed by atoms with Crippen molar-refractivity contribution < 1.29 is 14.4 Å². The quantitative estimate of drug-likeness (QED) is 0.284. The fraction of sp³-hybridized carbons (Fsp3) is 0.600. The lowest BCUT2D eigenvalue weighted by molar-refractivity contribution is -0.139. The van der Waals surface area contributed by atoms with Gasteiger partial charge in [0.1, 0.15) is 16.7 Å². The van der Waals surface area contributed by atoms with Crippen molar-refractivity contribution in [2.45, 2.75) is 97.8 Å². The Kier molecular flexibility index (Phi) is 13.6. The molecule has 1 aliphatic rings. The van der Waals surface area contributed by atoms with E-state index in [0.29, 0.717) is 16.6 Å². The Labute approximate surface area is 268 Å². The van der Waals surface area contributed by atoms with Crippen molar-refractivity contribution in [2.24, 2.45) is 17.8 Å². The Morgan fingerprint density at radius 2 is 1.75 bits per heavy atom. The van der Waals surface area contributed by atoms with Gasteiger partial charge in [0.15, 0.2) is 0 Å². The molecule has 1 aromatic carbocycles. The first-order valence-electron chi connectivity index (χ1n) is 16.1. The molecule has 0 saturated carbocycles. The van der Waals surface area contributed by atoms with E-state index in [9.17, 15) is 14.4 Å². The molecule has 0 bridgehead atoms. The number of thiazole rings is 1. The van der Waals surface area contributed by atoms with Crippen LogP contribution in [0.3, 0.4) is 0 Å². The van der Waals surface area contributed by atoms with Crippen LogP contribution < -0.4 is 10.6 Å². The molecule has 4 atom stereocenters. The van der Waals surface area contributed by atoms with Gasteiger partial charge in [-0.15, -0.1) is 11.3 Å². The third-order valence-electron chi connectivity index (χ3n) is 8.39. The summed E-state index contributed by atoms with van der Waals surface area (Å²) in [6.07, 6.45) is 8.45. The molecule has 0 spiro atoms. The SMILES string of the molecule is CC(C)C[C@H](Cc1ccccc1)NC(=O)c1csc(/C=C/[C@H](C(C)C)N(C)C(=O)[C@@H](NC(=O)[C@H]2CCCCN2C)C(C)C)n1. The normalized spacial score (nSPS) is 18.0. The minimum atomic E-state index is -0.609. The zero-order valence-corrected chi connectivity index (χ0v) is 28.7. The molecule has 2 heterocycles. The molecule has 3 rings (SSSR count). The maximum absolute atomic E-state index is 13.7. The second-order valence-electron chi connectivity index (χ2n) is 13.3. The molecule has 0 aliphatic carbocycles. The summed E-state index contributed by atoms with van der Waals surface area (Å²) in [7, 11) is 3.78. The fourth-order valence-corrected chi connectivity index (χ4v) is 6.60. The van der Waals surface area contributed by atoms with Crippen LogP contribution in [-0.4, -0.2) is 77.3 Å². The number of nitrogens with one attached hydrogen (secondary N) is 2. The van der Waals surface area contributed by atoms with Crippen LogP contribution in [0.25, 0.3) is 6.08 Å². The lowest BCUT2D eigenvalue weighted by Crippen LogP contribution is -2.57. The van der Waals surface area contributed by atoms with Crippen LogP contribution in [0.1, 0.15) is 88.3 Å². The molecule has 1 fully saturated rings. The topological polar surface area (TPSA) is 94.6 Å². The van der Waals surface area contributed by atoms with E-state index in [4.69, 9.17) is 0 Å². The monoisotopic (exact) mass is 623 g/mol. The summed E-state index contributed by atoms with van der Waals surface area (Å²) < 4.78 is 0. The van der Waals surface area contributed by atoms with Crippen molar-refractivity contribution in [1.29, 1.82) is 0 Å². The van der Waals surface area contributed by atoms with Crippen LogP contribution in [0, 0.1) is 17.8 Å². The number of carbonyl (C=O) groups excluding carboxylic acids is 3. The van der Waals surface area contributed by atoms with Gasteiger partial charge in [0, 0.05) is 18.5 Å². The maximum Gasteiger partial charge on any atom is 0.271 e. The molecule has 0 unspecified atom stereocenters. The van der Waals surface area contributed by atoms with Crippen LogP contribution in [0.4, 0.5) is 0 Å². The summed E-state index contributed by atoms with van der Waals surface area (Å²) in [4.78, 5) is 48.5. The predicted octanol–water partition coefficient (Wildman–Crippen LogP) is 5.65. The molecular weight excluding hydrogens is 570 g/mol. The van der Waals surface area contributed by atoms with Gasteiger partial charge in [-0.05, 0) is 68.7 Å². The lowest BCUT2D eigenvalue weighted by Gasteiger charge is -2.36. The Balaban J connectivity index is 1.67. The molecular formula is C35H53N5O3S.